The SMILES string of the molecule is CN=C(NCc1cccs1)NCc1cc(F)ccc1F.I. The monoisotopic (exact) mass is 423 g/mol. The molecule has 114 valence electrons. The number of nitrogens with one attached hydrogen (secondary N) is 2. The smallest absolute Gasteiger partial charge is 0.191 e. The number of nitrogens with zero attached hydrogens (tertiary/aromatic N) is 1. The molecule has 0 saturated carbocycles. The molecule has 0 bridgehead atoms. The summed E-state index contributed by atoms with van der Waals surface area (Å²) in [6.07, 6.45) is 0. The molecule has 2 rings (SSSR count). The van der Waals surface area contributed by atoms with Gasteiger partial charge in [0, 0.05) is 24.0 Å². The Morgan fingerprint density at radius 2 is 1.95 bits per heavy atom. The number of aliphatic imine (C=N–C) groups is 1. The highest BCUT2D eigenvalue weighted by Gasteiger charge is 2.05. The van der Waals surface area contributed by atoms with Crippen molar-refractivity contribution in [1.29, 1.82) is 0 Å². The van der Waals surface area contributed by atoms with Crippen molar-refractivity contribution in [2.24, 2.45) is 4.99 Å². The lowest BCUT2D eigenvalue weighted by Crippen LogP contribution is -2.36. The molecule has 1 aromatic carbocycles. The minimum atomic E-state index is -0.454. The predicted octanol–water partition coefficient (Wildman–Crippen LogP) is 3.51. The Balaban J connectivity index is 0.00000220. The van der Waals surface area contributed by atoms with E-state index in [0.717, 1.165) is 12.1 Å². The molecule has 3 nitrogen and oxygen atoms in total. The van der Waals surface area contributed by atoms with Crippen LogP contribution in [0.5, 0.6) is 0 Å². The molecule has 0 atom stereocenters. The van der Waals surface area contributed by atoms with Crippen molar-refractivity contribution in [3.05, 3.63) is 57.8 Å². The summed E-state index contributed by atoms with van der Waals surface area (Å²) in [5.74, 6) is -0.348. The quantitative estimate of drug-likeness (QED) is 0.449. The van der Waals surface area contributed by atoms with Gasteiger partial charge in [-0.05, 0) is 29.6 Å². The first kappa shape index (κ1) is 17.8. The second kappa shape index (κ2) is 8.93. The molecule has 7 heteroatoms. The van der Waals surface area contributed by atoms with Gasteiger partial charge in [0.1, 0.15) is 11.6 Å². The number of rotatable bonds is 4. The second-order valence-corrected chi connectivity index (χ2v) is 5.13. The van der Waals surface area contributed by atoms with Crippen LogP contribution in [0.1, 0.15) is 10.4 Å². The highest BCUT2D eigenvalue weighted by Crippen LogP contribution is 2.09. The minimum absolute atomic E-state index is 0. The summed E-state index contributed by atoms with van der Waals surface area (Å²) < 4.78 is 26.5. The summed E-state index contributed by atoms with van der Waals surface area (Å²) in [5, 5.41) is 8.06. The lowest BCUT2D eigenvalue weighted by atomic mass is 10.2. The van der Waals surface area contributed by atoms with E-state index in [1.54, 1.807) is 18.4 Å². The highest BCUT2D eigenvalue weighted by atomic mass is 127. The second-order valence-electron chi connectivity index (χ2n) is 4.09. The Labute approximate surface area is 143 Å². The zero-order valence-corrected chi connectivity index (χ0v) is 14.5. The Morgan fingerprint density at radius 1 is 1.19 bits per heavy atom. The third-order valence-corrected chi connectivity index (χ3v) is 3.56. The molecule has 0 fully saturated rings. The third-order valence-electron chi connectivity index (χ3n) is 2.69. The lowest BCUT2D eigenvalue weighted by Gasteiger charge is -2.11. The van der Waals surface area contributed by atoms with Gasteiger partial charge < -0.3 is 10.6 Å². The molecule has 2 aromatic rings. The normalized spacial score (nSPS) is 10.9. The summed E-state index contributed by atoms with van der Waals surface area (Å²) in [6, 6.07) is 7.38. The molecule has 1 heterocycles. The van der Waals surface area contributed by atoms with Gasteiger partial charge in [-0.15, -0.1) is 35.3 Å². The molecule has 21 heavy (non-hydrogen) atoms. The van der Waals surface area contributed by atoms with E-state index < -0.39 is 11.6 Å². The Hall–Kier alpha value is -1.22. The predicted molar refractivity (Wildman–Crippen MR) is 93.1 cm³/mol. The van der Waals surface area contributed by atoms with Gasteiger partial charge in [0.2, 0.25) is 0 Å². The van der Waals surface area contributed by atoms with Crippen LogP contribution >= 0.6 is 35.3 Å². The molecule has 0 radical (unpaired) electrons. The van der Waals surface area contributed by atoms with Crippen LogP contribution in [0.2, 0.25) is 0 Å². The topological polar surface area (TPSA) is 36.4 Å². The summed E-state index contributed by atoms with van der Waals surface area (Å²) in [4.78, 5) is 5.21. The number of guanidine groups is 1. The molecule has 2 N–H and O–H groups in total. The average molecular weight is 423 g/mol. The summed E-state index contributed by atoms with van der Waals surface area (Å²) in [5.41, 5.74) is 0.268. The standard InChI is InChI=1S/C14H15F2N3S.HI/c1-17-14(19-9-12-3-2-6-20-12)18-8-10-7-11(15)4-5-13(10)16;/h2-7H,8-9H2,1H3,(H2,17,18,19);1H. The first-order chi connectivity index (χ1) is 9.69. The van der Waals surface area contributed by atoms with E-state index in [2.05, 4.69) is 15.6 Å². The molecule has 0 amide bonds. The van der Waals surface area contributed by atoms with Crippen molar-refractivity contribution in [2.45, 2.75) is 13.1 Å². The fraction of sp³-hybridized carbons (Fsp3) is 0.214. The molecule has 0 unspecified atom stereocenters. The fourth-order valence-corrected chi connectivity index (χ4v) is 2.31. The van der Waals surface area contributed by atoms with Crippen molar-refractivity contribution in [1.82, 2.24) is 10.6 Å². The van der Waals surface area contributed by atoms with Gasteiger partial charge in [-0.3, -0.25) is 4.99 Å². The first-order valence-electron chi connectivity index (χ1n) is 6.10. The Bertz CT molecular complexity index is 588. The van der Waals surface area contributed by atoms with Crippen molar-refractivity contribution < 1.29 is 8.78 Å². The largest absolute Gasteiger partial charge is 0.352 e. The number of hydrogen-bond donors (Lipinski definition) is 2. The molecule has 0 aliphatic carbocycles. The van der Waals surface area contributed by atoms with Crippen LogP contribution < -0.4 is 10.6 Å². The third kappa shape index (κ3) is 5.58. The number of thiophene rings is 1. The molecule has 0 spiro atoms. The van der Waals surface area contributed by atoms with Crippen molar-refractivity contribution in [3.63, 3.8) is 0 Å². The van der Waals surface area contributed by atoms with Crippen LogP contribution in [-0.4, -0.2) is 13.0 Å². The van der Waals surface area contributed by atoms with E-state index >= 15 is 0 Å². The van der Waals surface area contributed by atoms with E-state index in [-0.39, 0.29) is 36.1 Å². The first-order valence-corrected chi connectivity index (χ1v) is 6.98. The van der Waals surface area contributed by atoms with Gasteiger partial charge in [-0.25, -0.2) is 8.78 Å². The van der Waals surface area contributed by atoms with Crippen LogP contribution in [-0.2, 0) is 13.1 Å². The maximum Gasteiger partial charge on any atom is 0.191 e. The number of hydrogen-bond acceptors (Lipinski definition) is 2. The van der Waals surface area contributed by atoms with E-state index in [1.807, 2.05) is 17.5 Å². The van der Waals surface area contributed by atoms with Crippen LogP contribution in [0.3, 0.4) is 0 Å². The van der Waals surface area contributed by atoms with Gasteiger partial charge in [-0.1, -0.05) is 6.07 Å². The fourth-order valence-electron chi connectivity index (χ4n) is 1.66. The summed E-state index contributed by atoms with van der Waals surface area (Å²) in [7, 11) is 1.63. The van der Waals surface area contributed by atoms with Crippen molar-refractivity contribution in [3.8, 4) is 0 Å². The molecule has 0 aliphatic rings. The van der Waals surface area contributed by atoms with E-state index in [4.69, 9.17) is 0 Å². The number of halogens is 3. The molecular weight excluding hydrogens is 407 g/mol. The van der Waals surface area contributed by atoms with Crippen LogP contribution in [0, 0.1) is 11.6 Å². The zero-order valence-electron chi connectivity index (χ0n) is 11.4. The van der Waals surface area contributed by atoms with Crippen molar-refractivity contribution in [2.75, 3.05) is 7.05 Å². The zero-order chi connectivity index (χ0) is 14.4. The Kier molecular flexibility index (Phi) is 7.58. The summed E-state index contributed by atoms with van der Waals surface area (Å²) in [6.45, 7) is 0.816. The maximum atomic E-state index is 13.5. The van der Waals surface area contributed by atoms with Crippen LogP contribution in [0.25, 0.3) is 0 Å². The Morgan fingerprint density at radius 3 is 2.62 bits per heavy atom. The molecule has 0 saturated heterocycles. The maximum absolute atomic E-state index is 13.5. The van der Waals surface area contributed by atoms with Crippen LogP contribution in [0.15, 0.2) is 40.7 Å². The lowest BCUT2D eigenvalue weighted by molar-refractivity contribution is 0.581. The van der Waals surface area contributed by atoms with E-state index in [1.165, 1.54) is 10.9 Å². The van der Waals surface area contributed by atoms with E-state index in [0.29, 0.717) is 12.5 Å². The molecule has 1 aromatic heterocycles. The molecular formula is C14H16F2IN3S. The number of benzene rings is 1. The summed E-state index contributed by atoms with van der Waals surface area (Å²) >= 11 is 1.64. The van der Waals surface area contributed by atoms with Crippen molar-refractivity contribution >= 4 is 41.3 Å². The highest BCUT2D eigenvalue weighted by molar-refractivity contribution is 14.0. The van der Waals surface area contributed by atoms with Gasteiger partial charge in [0.15, 0.2) is 5.96 Å². The van der Waals surface area contributed by atoms with Gasteiger partial charge >= 0.3 is 0 Å². The molecule has 0 aliphatic heterocycles. The van der Waals surface area contributed by atoms with Gasteiger partial charge in [0.25, 0.3) is 0 Å². The minimum Gasteiger partial charge on any atom is -0.352 e. The van der Waals surface area contributed by atoms with E-state index in [9.17, 15) is 8.78 Å². The van der Waals surface area contributed by atoms with Crippen LogP contribution in [0.4, 0.5) is 8.78 Å². The van der Waals surface area contributed by atoms with Gasteiger partial charge in [0.05, 0.1) is 6.54 Å². The average Bonchev–Trinajstić information content (AvgIpc) is 2.96. The van der Waals surface area contributed by atoms with Gasteiger partial charge in [-0.2, -0.15) is 0 Å².